The lowest BCUT2D eigenvalue weighted by molar-refractivity contribution is -0.122. The van der Waals surface area contributed by atoms with Crippen LogP contribution in [0, 0.1) is 12.7 Å². The Labute approximate surface area is 181 Å². The number of ether oxygens (including phenoxy) is 1. The van der Waals surface area contributed by atoms with Crippen LogP contribution in [0.3, 0.4) is 0 Å². The Bertz CT molecular complexity index is 967. The van der Waals surface area contributed by atoms with E-state index in [0.717, 1.165) is 22.9 Å². The maximum absolute atomic E-state index is 13.9. The number of carbonyl (C=O) groups is 1. The number of aryl methyl sites for hydroxylation is 1. The monoisotopic (exact) mass is 454 g/mol. The average molecular weight is 455 g/mol. The van der Waals surface area contributed by atoms with Crippen molar-refractivity contribution in [2.24, 2.45) is 0 Å². The number of halogens is 1. The molecule has 2 N–H and O–H groups in total. The number of thioether (sulfide) groups is 1. The van der Waals surface area contributed by atoms with Crippen molar-refractivity contribution < 1.29 is 22.3 Å². The largest absolute Gasteiger partial charge is 0.496 e. The van der Waals surface area contributed by atoms with Gasteiger partial charge in [0.2, 0.25) is 15.9 Å². The summed E-state index contributed by atoms with van der Waals surface area (Å²) >= 11 is 1.49. The lowest BCUT2D eigenvalue weighted by Crippen LogP contribution is -2.47. The van der Waals surface area contributed by atoms with Crippen molar-refractivity contribution in [1.29, 1.82) is 0 Å². The van der Waals surface area contributed by atoms with E-state index in [2.05, 4.69) is 10.0 Å². The van der Waals surface area contributed by atoms with Crippen molar-refractivity contribution in [2.45, 2.75) is 30.7 Å². The Morgan fingerprint density at radius 1 is 1.23 bits per heavy atom. The molecular weight excluding hydrogens is 427 g/mol. The Kier molecular flexibility index (Phi) is 9.13. The van der Waals surface area contributed by atoms with Crippen molar-refractivity contribution in [2.75, 3.05) is 25.7 Å². The predicted molar refractivity (Wildman–Crippen MR) is 118 cm³/mol. The standard InChI is InChI=1S/C21H27FN2O4S2/c1-15-8-9-19(28-2)16(14-15)10-12-23-21(25)18(11-13-29-3)24-30(26,27)20-7-5-4-6-17(20)22/h4-9,14,18,24H,10-13H2,1-3H3,(H,23,25). The molecule has 0 aromatic heterocycles. The molecule has 2 aromatic carbocycles. The number of hydrogen-bond acceptors (Lipinski definition) is 5. The molecule has 2 aromatic rings. The summed E-state index contributed by atoms with van der Waals surface area (Å²) in [5.41, 5.74) is 2.03. The minimum atomic E-state index is -4.17. The first-order valence-electron chi connectivity index (χ1n) is 9.45. The second kappa shape index (κ2) is 11.3. The highest BCUT2D eigenvalue weighted by molar-refractivity contribution is 7.98. The maximum Gasteiger partial charge on any atom is 0.244 e. The zero-order chi connectivity index (χ0) is 22.1. The van der Waals surface area contributed by atoms with E-state index in [1.165, 1.54) is 30.0 Å². The van der Waals surface area contributed by atoms with Crippen LogP contribution in [-0.4, -0.2) is 46.0 Å². The van der Waals surface area contributed by atoms with Crippen molar-refractivity contribution in [1.82, 2.24) is 10.0 Å². The van der Waals surface area contributed by atoms with E-state index in [9.17, 15) is 17.6 Å². The number of benzene rings is 2. The van der Waals surface area contributed by atoms with Gasteiger partial charge >= 0.3 is 0 Å². The van der Waals surface area contributed by atoms with Gasteiger partial charge in [-0.25, -0.2) is 12.8 Å². The summed E-state index contributed by atoms with van der Waals surface area (Å²) in [6.07, 6.45) is 2.69. The highest BCUT2D eigenvalue weighted by atomic mass is 32.2. The van der Waals surface area contributed by atoms with Crippen LogP contribution in [0.1, 0.15) is 17.5 Å². The number of rotatable bonds is 11. The molecule has 0 bridgehead atoms. The van der Waals surface area contributed by atoms with Crippen LogP contribution in [0.4, 0.5) is 4.39 Å². The Hall–Kier alpha value is -2.10. The molecule has 0 aliphatic rings. The second-order valence-electron chi connectivity index (χ2n) is 6.74. The third kappa shape index (κ3) is 6.72. The van der Waals surface area contributed by atoms with E-state index < -0.39 is 32.7 Å². The second-order valence-corrected chi connectivity index (χ2v) is 9.41. The summed E-state index contributed by atoms with van der Waals surface area (Å²) in [7, 11) is -2.59. The third-order valence-corrected chi connectivity index (χ3v) is 6.63. The van der Waals surface area contributed by atoms with E-state index in [4.69, 9.17) is 4.74 Å². The molecule has 30 heavy (non-hydrogen) atoms. The normalized spacial score (nSPS) is 12.4. The quantitative estimate of drug-likeness (QED) is 0.545. The topological polar surface area (TPSA) is 84.5 Å². The molecule has 0 spiro atoms. The van der Waals surface area contributed by atoms with Crippen molar-refractivity contribution >= 4 is 27.7 Å². The first-order chi connectivity index (χ1) is 14.3. The van der Waals surface area contributed by atoms with Gasteiger partial charge < -0.3 is 10.1 Å². The lowest BCUT2D eigenvalue weighted by Gasteiger charge is -2.19. The van der Waals surface area contributed by atoms with Crippen molar-refractivity contribution in [3.63, 3.8) is 0 Å². The zero-order valence-electron chi connectivity index (χ0n) is 17.3. The number of nitrogens with one attached hydrogen (secondary N) is 2. The van der Waals surface area contributed by atoms with Gasteiger partial charge in [0, 0.05) is 6.54 Å². The molecule has 0 fully saturated rings. The Balaban J connectivity index is 2.07. The van der Waals surface area contributed by atoms with Gasteiger partial charge in [0.15, 0.2) is 0 Å². The van der Waals surface area contributed by atoms with Crippen LogP contribution >= 0.6 is 11.8 Å². The molecule has 0 radical (unpaired) electrons. The molecule has 1 amide bonds. The summed E-state index contributed by atoms with van der Waals surface area (Å²) in [5.74, 6) is -0.00553. The molecule has 0 saturated carbocycles. The van der Waals surface area contributed by atoms with E-state index in [1.54, 1.807) is 7.11 Å². The molecule has 6 nitrogen and oxygen atoms in total. The fourth-order valence-corrected chi connectivity index (χ4v) is 4.72. The Morgan fingerprint density at radius 3 is 2.63 bits per heavy atom. The molecular formula is C21H27FN2O4S2. The highest BCUT2D eigenvalue weighted by Crippen LogP contribution is 2.20. The SMILES string of the molecule is COc1ccc(C)cc1CCNC(=O)C(CCSC)NS(=O)(=O)c1ccccc1F. The number of carbonyl (C=O) groups excluding carboxylic acids is 1. The van der Waals surface area contributed by atoms with Crippen LogP contribution < -0.4 is 14.8 Å². The van der Waals surface area contributed by atoms with Gasteiger partial charge in [-0.05, 0) is 55.5 Å². The van der Waals surface area contributed by atoms with Crippen LogP contribution in [0.25, 0.3) is 0 Å². The van der Waals surface area contributed by atoms with E-state index in [1.807, 2.05) is 31.4 Å². The first kappa shape index (κ1) is 24.2. The van der Waals surface area contributed by atoms with Crippen LogP contribution in [0.15, 0.2) is 47.4 Å². The van der Waals surface area contributed by atoms with E-state index in [-0.39, 0.29) is 6.42 Å². The molecule has 9 heteroatoms. The number of hydrogen-bond donors (Lipinski definition) is 2. The summed E-state index contributed by atoms with van der Waals surface area (Å²) in [4.78, 5) is 12.2. The maximum atomic E-state index is 13.9. The molecule has 0 aliphatic carbocycles. The molecule has 1 atom stereocenters. The fourth-order valence-electron chi connectivity index (χ4n) is 2.94. The zero-order valence-corrected chi connectivity index (χ0v) is 18.9. The highest BCUT2D eigenvalue weighted by Gasteiger charge is 2.27. The van der Waals surface area contributed by atoms with Crippen LogP contribution in [0.5, 0.6) is 5.75 Å². The summed E-state index contributed by atoms with van der Waals surface area (Å²) < 4.78 is 46.8. The van der Waals surface area contributed by atoms with Gasteiger partial charge in [-0.1, -0.05) is 29.8 Å². The smallest absolute Gasteiger partial charge is 0.244 e. The van der Waals surface area contributed by atoms with Gasteiger partial charge in [-0.3, -0.25) is 4.79 Å². The third-order valence-electron chi connectivity index (χ3n) is 4.48. The summed E-state index contributed by atoms with van der Waals surface area (Å²) in [6, 6.07) is 9.88. The number of amides is 1. The fraction of sp³-hybridized carbons (Fsp3) is 0.381. The van der Waals surface area contributed by atoms with Crippen LogP contribution in [-0.2, 0) is 21.2 Å². The minimum absolute atomic E-state index is 0.286. The molecule has 2 rings (SSSR count). The van der Waals surface area contributed by atoms with Crippen LogP contribution in [0.2, 0.25) is 0 Å². The van der Waals surface area contributed by atoms with E-state index in [0.29, 0.717) is 18.7 Å². The van der Waals surface area contributed by atoms with Gasteiger partial charge in [0.1, 0.15) is 22.5 Å². The number of methoxy groups -OCH3 is 1. The van der Waals surface area contributed by atoms with Gasteiger partial charge in [0.05, 0.1) is 7.11 Å². The number of sulfonamides is 1. The molecule has 1 unspecified atom stereocenters. The van der Waals surface area contributed by atoms with E-state index >= 15 is 0 Å². The molecule has 0 aliphatic heterocycles. The summed E-state index contributed by atoms with van der Waals surface area (Å²) in [5, 5.41) is 2.78. The molecule has 0 saturated heterocycles. The van der Waals surface area contributed by atoms with Gasteiger partial charge in [0.25, 0.3) is 0 Å². The molecule has 164 valence electrons. The van der Waals surface area contributed by atoms with Crippen molar-refractivity contribution in [3.05, 3.63) is 59.4 Å². The van der Waals surface area contributed by atoms with Crippen molar-refractivity contribution in [3.8, 4) is 5.75 Å². The van der Waals surface area contributed by atoms with Gasteiger partial charge in [-0.15, -0.1) is 0 Å². The predicted octanol–water partition coefficient (Wildman–Crippen LogP) is 2.90. The Morgan fingerprint density at radius 2 is 1.97 bits per heavy atom. The average Bonchev–Trinajstić information content (AvgIpc) is 2.71. The summed E-state index contributed by atoms with van der Waals surface area (Å²) in [6.45, 7) is 2.29. The first-order valence-corrected chi connectivity index (χ1v) is 12.3. The lowest BCUT2D eigenvalue weighted by atomic mass is 10.1. The molecule has 0 heterocycles. The van der Waals surface area contributed by atoms with Gasteiger partial charge in [-0.2, -0.15) is 16.5 Å². The minimum Gasteiger partial charge on any atom is -0.496 e.